The smallest absolute Gasteiger partial charge is 0.223 e. The number of aromatic hydroxyl groups is 1. The average molecular weight is 408 g/mol. The number of alkyl halides is 1. The molecule has 2 unspecified atom stereocenters. The van der Waals surface area contributed by atoms with Gasteiger partial charge < -0.3 is 19.5 Å². The van der Waals surface area contributed by atoms with Crippen LogP contribution >= 0.6 is 11.3 Å². The van der Waals surface area contributed by atoms with Crippen LogP contribution in [0.5, 0.6) is 17.2 Å². The van der Waals surface area contributed by atoms with Crippen LogP contribution in [0.1, 0.15) is 35.6 Å². The van der Waals surface area contributed by atoms with Gasteiger partial charge in [-0.1, -0.05) is 6.07 Å². The van der Waals surface area contributed by atoms with Crippen LogP contribution in [0.3, 0.4) is 0 Å². The molecule has 28 heavy (non-hydrogen) atoms. The second-order valence-corrected chi connectivity index (χ2v) is 8.02. The van der Waals surface area contributed by atoms with Crippen LogP contribution in [-0.4, -0.2) is 49.9 Å². The summed E-state index contributed by atoms with van der Waals surface area (Å²) in [4.78, 5) is 15.7. The number of methoxy groups -OCH3 is 2. The molecule has 1 aromatic carbocycles. The van der Waals surface area contributed by atoms with Gasteiger partial charge in [-0.05, 0) is 24.3 Å². The number of carbonyl (C=O) groups is 1. The number of halogens is 1. The molecule has 1 aliphatic heterocycles. The van der Waals surface area contributed by atoms with E-state index < -0.39 is 6.67 Å². The molecule has 7 heteroatoms. The largest absolute Gasteiger partial charge is 0.507 e. The zero-order chi connectivity index (χ0) is 20.1. The van der Waals surface area contributed by atoms with E-state index in [9.17, 15) is 14.3 Å². The lowest BCUT2D eigenvalue weighted by molar-refractivity contribution is -0.133. The Balaban J connectivity index is 1.92. The van der Waals surface area contributed by atoms with Crippen molar-refractivity contribution in [2.24, 2.45) is 5.92 Å². The minimum Gasteiger partial charge on any atom is -0.507 e. The number of carbonyl (C=O) groups excluding carboxylic acids is 1. The van der Waals surface area contributed by atoms with Crippen LogP contribution in [0.25, 0.3) is 0 Å². The molecule has 2 heterocycles. The molecule has 1 amide bonds. The van der Waals surface area contributed by atoms with E-state index in [1.807, 2.05) is 17.5 Å². The maximum absolute atomic E-state index is 13.1. The number of rotatable bonds is 7. The molecule has 1 aromatic heterocycles. The fourth-order valence-corrected chi connectivity index (χ4v) is 4.62. The molecule has 1 N–H and O–H groups in total. The summed E-state index contributed by atoms with van der Waals surface area (Å²) in [6, 6.07) is 7.11. The van der Waals surface area contributed by atoms with Gasteiger partial charge in [-0.2, -0.15) is 0 Å². The normalized spacial score (nSPS) is 18.0. The summed E-state index contributed by atoms with van der Waals surface area (Å²) < 4.78 is 23.8. The lowest BCUT2D eigenvalue weighted by Crippen LogP contribution is -2.41. The molecule has 1 fully saturated rings. The van der Waals surface area contributed by atoms with Gasteiger partial charge in [0.25, 0.3) is 0 Å². The van der Waals surface area contributed by atoms with Crippen LogP contribution in [0, 0.1) is 5.92 Å². The Bertz CT molecular complexity index is 796. The van der Waals surface area contributed by atoms with Gasteiger partial charge in [-0.3, -0.25) is 9.18 Å². The van der Waals surface area contributed by atoms with E-state index in [0.717, 1.165) is 17.7 Å². The van der Waals surface area contributed by atoms with Crippen LogP contribution in [0.4, 0.5) is 4.39 Å². The number of likely N-dealkylation sites (tertiary alicyclic amines) is 1. The van der Waals surface area contributed by atoms with Gasteiger partial charge in [0.2, 0.25) is 5.91 Å². The Kier molecular flexibility index (Phi) is 6.78. The maximum Gasteiger partial charge on any atom is 0.223 e. The number of benzene rings is 1. The molecule has 0 spiro atoms. The van der Waals surface area contributed by atoms with Crippen molar-refractivity contribution in [2.75, 3.05) is 34.0 Å². The first-order valence-corrected chi connectivity index (χ1v) is 10.3. The molecule has 1 saturated heterocycles. The van der Waals surface area contributed by atoms with E-state index in [0.29, 0.717) is 30.2 Å². The fraction of sp³-hybridized carbons (Fsp3) is 0.476. The van der Waals surface area contributed by atoms with Crippen molar-refractivity contribution in [2.45, 2.75) is 25.2 Å². The summed E-state index contributed by atoms with van der Waals surface area (Å²) in [7, 11) is 3.05. The number of piperidine rings is 1. The third-order valence-corrected chi connectivity index (χ3v) is 6.24. The number of phenols is 1. The fourth-order valence-electron chi connectivity index (χ4n) is 3.78. The molecular weight excluding hydrogens is 381 g/mol. The lowest BCUT2D eigenvalue weighted by atomic mass is 9.90. The van der Waals surface area contributed by atoms with Gasteiger partial charge in [0.1, 0.15) is 17.2 Å². The van der Waals surface area contributed by atoms with Crippen LogP contribution in [0.15, 0.2) is 29.6 Å². The van der Waals surface area contributed by atoms with Gasteiger partial charge in [-0.25, -0.2) is 0 Å². The molecule has 0 bridgehead atoms. The molecule has 5 nitrogen and oxygen atoms in total. The highest BCUT2D eigenvalue weighted by Gasteiger charge is 2.30. The van der Waals surface area contributed by atoms with Gasteiger partial charge in [0, 0.05) is 53.9 Å². The summed E-state index contributed by atoms with van der Waals surface area (Å²) in [5, 5.41) is 12.6. The van der Waals surface area contributed by atoms with E-state index in [4.69, 9.17) is 9.47 Å². The van der Waals surface area contributed by atoms with Crippen molar-refractivity contribution in [3.63, 3.8) is 0 Å². The Morgan fingerprint density at radius 3 is 2.86 bits per heavy atom. The molecule has 1 aliphatic rings. The van der Waals surface area contributed by atoms with Gasteiger partial charge in [-0.15, -0.1) is 11.3 Å². The maximum atomic E-state index is 13.1. The van der Waals surface area contributed by atoms with Crippen LogP contribution in [0.2, 0.25) is 0 Å². The van der Waals surface area contributed by atoms with Crippen molar-refractivity contribution in [1.82, 2.24) is 4.90 Å². The summed E-state index contributed by atoms with van der Waals surface area (Å²) in [6.45, 7) is 0.710. The van der Waals surface area contributed by atoms with Crippen molar-refractivity contribution in [1.29, 1.82) is 0 Å². The molecule has 2 atom stereocenters. The molecular formula is C21H26FNO4S. The Morgan fingerprint density at radius 2 is 2.21 bits per heavy atom. The number of hydrogen-bond donors (Lipinski definition) is 1. The van der Waals surface area contributed by atoms with E-state index in [1.54, 1.807) is 11.0 Å². The minimum atomic E-state index is -0.398. The number of nitrogens with zero attached hydrogens (tertiary/aromatic N) is 1. The van der Waals surface area contributed by atoms with E-state index >= 15 is 0 Å². The van der Waals surface area contributed by atoms with Crippen LogP contribution in [-0.2, 0) is 4.79 Å². The van der Waals surface area contributed by atoms with Crippen molar-refractivity contribution >= 4 is 17.2 Å². The zero-order valence-electron chi connectivity index (χ0n) is 16.2. The van der Waals surface area contributed by atoms with E-state index in [2.05, 4.69) is 0 Å². The standard InChI is InChI=1S/C21H26FNO4S/c1-26-15-9-17(24)21(18(10-15)27-2)16(19-6-4-8-28-19)11-20(25)23-7-3-5-14(12-22)13-23/h4,6,8-10,14,16,24H,3,5,7,11-13H2,1-2H3. The lowest BCUT2D eigenvalue weighted by Gasteiger charge is -2.32. The number of thiophene rings is 1. The second kappa shape index (κ2) is 9.28. The van der Waals surface area contributed by atoms with Crippen molar-refractivity contribution < 1.29 is 23.8 Å². The summed E-state index contributed by atoms with van der Waals surface area (Å²) >= 11 is 1.53. The number of hydrogen-bond acceptors (Lipinski definition) is 5. The minimum absolute atomic E-state index is 0.0303. The van der Waals surface area contributed by atoms with E-state index in [1.165, 1.54) is 31.6 Å². The SMILES string of the molecule is COc1cc(O)c(C(CC(=O)N2CCCC(CF)C2)c2cccs2)c(OC)c1. The highest BCUT2D eigenvalue weighted by atomic mass is 32.1. The Hall–Kier alpha value is -2.28. The third kappa shape index (κ3) is 4.41. The molecule has 3 rings (SSSR count). The zero-order valence-corrected chi connectivity index (χ0v) is 17.0. The average Bonchev–Trinajstić information content (AvgIpc) is 3.26. The topological polar surface area (TPSA) is 59.0 Å². The predicted molar refractivity (Wildman–Crippen MR) is 107 cm³/mol. The van der Waals surface area contributed by atoms with Gasteiger partial charge >= 0.3 is 0 Å². The van der Waals surface area contributed by atoms with Crippen LogP contribution < -0.4 is 9.47 Å². The molecule has 0 radical (unpaired) electrons. The van der Waals surface area contributed by atoms with Gasteiger partial charge in [0.05, 0.1) is 20.9 Å². The number of amides is 1. The highest BCUT2D eigenvalue weighted by Crippen LogP contribution is 2.44. The summed E-state index contributed by atoms with van der Waals surface area (Å²) in [5.41, 5.74) is 0.568. The third-order valence-electron chi connectivity index (χ3n) is 5.25. The molecule has 2 aromatic rings. The Morgan fingerprint density at radius 1 is 1.39 bits per heavy atom. The first-order chi connectivity index (χ1) is 13.6. The first kappa shape index (κ1) is 20.5. The molecule has 0 saturated carbocycles. The monoisotopic (exact) mass is 407 g/mol. The first-order valence-electron chi connectivity index (χ1n) is 9.39. The van der Waals surface area contributed by atoms with Gasteiger partial charge in [0.15, 0.2) is 0 Å². The summed E-state index contributed by atoms with van der Waals surface area (Å²) in [6.07, 6.45) is 1.83. The summed E-state index contributed by atoms with van der Waals surface area (Å²) in [5.74, 6) is 0.525. The van der Waals surface area contributed by atoms with E-state index in [-0.39, 0.29) is 29.9 Å². The molecule has 0 aliphatic carbocycles. The Labute approximate surface area is 168 Å². The second-order valence-electron chi connectivity index (χ2n) is 7.04. The van der Waals surface area contributed by atoms with Crippen molar-refractivity contribution in [3.8, 4) is 17.2 Å². The number of phenolic OH excluding ortho intramolecular Hbond substituents is 1. The highest BCUT2D eigenvalue weighted by molar-refractivity contribution is 7.10. The predicted octanol–water partition coefficient (Wildman–Crippen LogP) is 4.20. The number of ether oxygens (including phenoxy) is 2. The van der Waals surface area contributed by atoms with Crippen molar-refractivity contribution in [3.05, 3.63) is 40.1 Å². The quantitative estimate of drug-likeness (QED) is 0.747. The molecule has 152 valence electrons.